The second kappa shape index (κ2) is 18.9. The van der Waals surface area contributed by atoms with Crippen molar-refractivity contribution < 1.29 is 38.4 Å². The van der Waals surface area contributed by atoms with Gasteiger partial charge >= 0.3 is 0 Å². The number of carbonyl (C=O) groups is 2. The molecule has 4 atom stereocenters. The first-order chi connectivity index (χ1) is 24.1. The monoisotopic (exact) mass is 668 g/mol. The lowest BCUT2D eigenvalue weighted by molar-refractivity contribution is -0.318. The summed E-state index contributed by atoms with van der Waals surface area (Å²) in [7, 11) is 0. The van der Waals surface area contributed by atoms with E-state index in [9.17, 15) is 14.7 Å². The van der Waals surface area contributed by atoms with Gasteiger partial charge in [-0.2, -0.15) is 0 Å². The van der Waals surface area contributed by atoms with Crippen molar-refractivity contribution in [1.82, 2.24) is 10.2 Å². The third-order valence-electron chi connectivity index (χ3n) is 8.23. The van der Waals surface area contributed by atoms with Gasteiger partial charge in [-0.1, -0.05) is 121 Å². The number of rotatable bonds is 19. The van der Waals surface area contributed by atoms with E-state index in [0.29, 0.717) is 26.2 Å². The molecule has 1 amide bonds. The van der Waals surface area contributed by atoms with Crippen molar-refractivity contribution in [2.75, 3.05) is 32.8 Å². The Hall–Kier alpha value is -4.42. The van der Waals surface area contributed by atoms with E-state index in [4.69, 9.17) is 23.7 Å². The molecule has 0 bridgehead atoms. The largest absolute Gasteiger partial charge is 0.462 e. The first-order valence-corrected chi connectivity index (χ1v) is 16.5. The Morgan fingerprint density at radius 2 is 1.14 bits per heavy atom. The molecule has 0 spiro atoms. The van der Waals surface area contributed by atoms with Gasteiger partial charge in [0.05, 0.1) is 26.4 Å². The predicted octanol–water partition coefficient (Wildman–Crippen LogP) is 4.25. The highest BCUT2D eigenvalue weighted by molar-refractivity contribution is 5.82. The fraction of sp³-hybridized carbons (Fsp3) is 0.333. The first-order valence-electron chi connectivity index (χ1n) is 16.5. The van der Waals surface area contributed by atoms with Crippen LogP contribution in [0.1, 0.15) is 22.3 Å². The maximum Gasteiger partial charge on any atom is 0.293 e. The fourth-order valence-corrected chi connectivity index (χ4v) is 5.62. The second-order valence-corrected chi connectivity index (χ2v) is 11.8. The number of amides is 1. The van der Waals surface area contributed by atoms with Crippen molar-refractivity contribution in [3.05, 3.63) is 144 Å². The highest BCUT2D eigenvalue weighted by Crippen LogP contribution is 2.30. The number of hydrogen-bond acceptors (Lipinski definition) is 9. The molecule has 1 fully saturated rings. The Balaban J connectivity index is 1.57. The number of carbonyl (C=O) groups excluding carboxylic acids is 2. The first kappa shape index (κ1) is 35.9. The summed E-state index contributed by atoms with van der Waals surface area (Å²) < 4.78 is 31.1. The van der Waals surface area contributed by atoms with Crippen LogP contribution in [0.2, 0.25) is 0 Å². The molecule has 0 saturated carbocycles. The summed E-state index contributed by atoms with van der Waals surface area (Å²) >= 11 is 0. The highest BCUT2D eigenvalue weighted by Gasteiger charge is 2.51. The highest BCUT2D eigenvalue weighted by atomic mass is 16.7. The molecule has 1 heterocycles. The van der Waals surface area contributed by atoms with E-state index in [-0.39, 0.29) is 38.8 Å². The fourth-order valence-electron chi connectivity index (χ4n) is 5.62. The Labute approximate surface area is 287 Å². The van der Waals surface area contributed by atoms with Crippen LogP contribution in [0, 0.1) is 0 Å². The second-order valence-electron chi connectivity index (χ2n) is 11.8. The van der Waals surface area contributed by atoms with Gasteiger partial charge in [0.15, 0.2) is 6.10 Å². The molecular formula is C39H44N2O8. The van der Waals surface area contributed by atoms with Gasteiger partial charge in [0, 0.05) is 26.2 Å². The molecule has 4 aromatic rings. The van der Waals surface area contributed by atoms with Crippen LogP contribution in [0.25, 0.3) is 0 Å². The van der Waals surface area contributed by atoms with Gasteiger partial charge in [-0.25, -0.2) is 0 Å². The minimum Gasteiger partial charge on any atom is -0.462 e. The van der Waals surface area contributed by atoms with Crippen LogP contribution >= 0.6 is 0 Å². The molecular weight excluding hydrogens is 624 g/mol. The van der Waals surface area contributed by atoms with Crippen LogP contribution in [0.3, 0.4) is 0 Å². The third kappa shape index (κ3) is 10.8. The summed E-state index contributed by atoms with van der Waals surface area (Å²) in [6.07, 6.45) is -3.86. The lowest BCUT2D eigenvalue weighted by Crippen LogP contribution is -2.62. The average Bonchev–Trinajstić information content (AvgIpc) is 3.17. The minimum atomic E-state index is -2.27. The van der Waals surface area contributed by atoms with Gasteiger partial charge in [-0.05, 0) is 22.3 Å². The van der Waals surface area contributed by atoms with Gasteiger partial charge in [0.1, 0.15) is 18.8 Å². The zero-order valence-electron chi connectivity index (χ0n) is 27.5. The molecule has 0 radical (unpaired) electrons. The van der Waals surface area contributed by atoms with Crippen LogP contribution in [-0.2, 0) is 59.7 Å². The molecule has 1 aliphatic heterocycles. The van der Waals surface area contributed by atoms with E-state index in [1.54, 1.807) is 4.90 Å². The van der Waals surface area contributed by atoms with E-state index >= 15 is 0 Å². The maximum absolute atomic E-state index is 14.5. The number of piperazine rings is 1. The van der Waals surface area contributed by atoms with E-state index in [1.165, 1.54) is 0 Å². The van der Waals surface area contributed by atoms with Crippen molar-refractivity contribution >= 4 is 12.4 Å². The summed E-state index contributed by atoms with van der Waals surface area (Å²) in [6, 6.07) is 37.7. The number of nitrogens with one attached hydrogen (secondary N) is 1. The molecule has 2 N–H and O–H groups in total. The summed E-state index contributed by atoms with van der Waals surface area (Å²) in [6.45, 7) is 1.97. The van der Waals surface area contributed by atoms with Crippen LogP contribution in [-0.4, -0.2) is 79.3 Å². The number of benzene rings is 4. The standard InChI is InChI=1S/C39H44N2O8/c42-30-45-29-39(44,49-28-34-19-11-4-12-20-34)37(48-27-33-17-9-3-10-18-33)35(46-25-31-13-5-1-6-14-31)36(38(43)41-23-21-40-22-24-41)47-26-32-15-7-2-8-16-32/h1-20,30,35-37,40,44H,21-29H2/t35-,36-,37+,39?/m1/s1. The van der Waals surface area contributed by atoms with Gasteiger partial charge < -0.3 is 39.0 Å². The third-order valence-corrected chi connectivity index (χ3v) is 8.23. The maximum atomic E-state index is 14.5. The van der Waals surface area contributed by atoms with Crippen LogP contribution in [0.5, 0.6) is 0 Å². The van der Waals surface area contributed by atoms with Crippen molar-refractivity contribution in [2.24, 2.45) is 0 Å². The van der Waals surface area contributed by atoms with Gasteiger partial charge in [0.25, 0.3) is 12.4 Å². The number of nitrogens with zero attached hydrogens (tertiary/aromatic N) is 1. The molecule has 1 saturated heterocycles. The average molecular weight is 669 g/mol. The Kier molecular flexibility index (Phi) is 13.9. The predicted molar refractivity (Wildman–Crippen MR) is 183 cm³/mol. The van der Waals surface area contributed by atoms with Gasteiger partial charge in [-0.3, -0.25) is 9.59 Å². The lowest BCUT2D eigenvalue weighted by atomic mass is 9.97. The molecule has 10 heteroatoms. The summed E-state index contributed by atoms with van der Waals surface area (Å²) in [4.78, 5) is 27.8. The topological polar surface area (TPSA) is 116 Å². The molecule has 1 aliphatic rings. The van der Waals surface area contributed by atoms with Crippen molar-refractivity contribution in [1.29, 1.82) is 0 Å². The molecule has 5 rings (SSSR count). The van der Waals surface area contributed by atoms with Crippen molar-refractivity contribution in [3.63, 3.8) is 0 Å². The number of ether oxygens (including phenoxy) is 5. The molecule has 0 aliphatic carbocycles. The van der Waals surface area contributed by atoms with Crippen LogP contribution in [0.15, 0.2) is 121 Å². The number of hydrogen-bond donors (Lipinski definition) is 2. The quantitative estimate of drug-likeness (QED) is 0.112. The molecule has 0 aromatic heterocycles. The van der Waals surface area contributed by atoms with E-state index in [2.05, 4.69) is 5.32 Å². The van der Waals surface area contributed by atoms with E-state index in [0.717, 1.165) is 22.3 Å². The van der Waals surface area contributed by atoms with Crippen molar-refractivity contribution in [2.45, 2.75) is 50.5 Å². The lowest BCUT2D eigenvalue weighted by Gasteiger charge is -2.42. The van der Waals surface area contributed by atoms with Crippen molar-refractivity contribution in [3.8, 4) is 0 Å². The molecule has 10 nitrogen and oxygen atoms in total. The van der Waals surface area contributed by atoms with E-state index < -0.39 is 30.7 Å². The zero-order chi connectivity index (χ0) is 34.2. The summed E-state index contributed by atoms with van der Waals surface area (Å²) in [5, 5.41) is 15.7. The molecule has 258 valence electrons. The molecule has 49 heavy (non-hydrogen) atoms. The summed E-state index contributed by atoms with van der Waals surface area (Å²) in [5.74, 6) is -2.59. The number of aliphatic hydroxyl groups is 1. The summed E-state index contributed by atoms with van der Waals surface area (Å²) in [5.41, 5.74) is 3.27. The zero-order valence-corrected chi connectivity index (χ0v) is 27.5. The Bertz CT molecular complexity index is 1520. The Morgan fingerprint density at radius 1 is 0.694 bits per heavy atom. The van der Waals surface area contributed by atoms with Crippen LogP contribution in [0.4, 0.5) is 0 Å². The SMILES string of the molecule is O=COCC(O)(OCc1ccccc1)[C@@H](OCc1ccccc1)[C@H](OCc1ccccc1)[C@@H](OCc1ccccc1)C(=O)N1CCNCC1. The van der Waals surface area contributed by atoms with E-state index in [1.807, 2.05) is 121 Å². The van der Waals surface area contributed by atoms with Gasteiger partial charge in [0.2, 0.25) is 5.79 Å². The molecule has 1 unspecified atom stereocenters. The Morgan fingerprint density at radius 3 is 1.63 bits per heavy atom. The normalized spacial score (nSPS) is 16.2. The van der Waals surface area contributed by atoms with Gasteiger partial charge in [-0.15, -0.1) is 0 Å². The smallest absolute Gasteiger partial charge is 0.293 e. The molecule has 4 aromatic carbocycles. The minimum absolute atomic E-state index is 0.0298. The van der Waals surface area contributed by atoms with Crippen LogP contribution < -0.4 is 5.32 Å².